The van der Waals surface area contributed by atoms with Gasteiger partial charge in [-0.2, -0.15) is 5.10 Å². The van der Waals surface area contributed by atoms with Crippen molar-refractivity contribution in [2.75, 3.05) is 50.2 Å². The van der Waals surface area contributed by atoms with Crippen molar-refractivity contribution in [2.24, 2.45) is 15.0 Å². The highest BCUT2D eigenvalue weighted by atomic mass is 79.9. The molecule has 4 aliphatic carbocycles. The lowest BCUT2D eigenvalue weighted by Gasteiger charge is -2.22. The number of amides is 1. The van der Waals surface area contributed by atoms with Crippen molar-refractivity contribution in [3.05, 3.63) is 104 Å². The number of fused-ring (bicyclic) bond motifs is 1. The van der Waals surface area contributed by atoms with Gasteiger partial charge in [0.1, 0.15) is 52.0 Å². The number of carboxylic acids is 1. The molecule has 3 N–H and O–H groups in total. The van der Waals surface area contributed by atoms with Crippen LogP contribution in [0, 0.1) is 5.82 Å². The number of aromatic nitrogens is 2. The van der Waals surface area contributed by atoms with Crippen LogP contribution in [0.15, 0.2) is 90.9 Å². The van der Waals surface area contributed by atoms with Gasteiger partial charge in [-0.25, -0.2) is 32.6 Å². The Labute approximate surface area is 657 Å². The summed E-state index contributed by atoms with van der Waals surface area (Å²) in [6.45, 7) is 25.8. The summed E-state index contributed by atoms with van der Waals surface area (Å²) in [7, 11) is 0. The van der Waals surface area contributed by atoms with Crippen LogP contribution in [0.25, 0.3) is 11.1 Å². The molecular formula is C80H108BrCl2F2N7O17. The zero-order chi connectivity index (χ0) is 79.6. The van der Waals surface area contributed by atoms with E-state index in [4.69, 9.17) is 49.9 Å². The molecular weight excluding hydrogens is 1520 g/mol. The average molecular weight is 1630 g/mol. The molecule has 600 valence electrons. The maximum absolute atomic E-state index is 14.7. The number of halogens is 5. The second kappa shape index (κ2) is 43.6. The van der Waals surface area contributed by atoms with Crippen molar-refractivity contribution < 1.29 is 90.2 Å². The van der Waals surface area contributed by atoms with E-state index in [-0.39, 0.29) is 97.3 Å². The minimum atomic E-state index is -1.05. The molecule has 24 nitrogen and oxygen atoms in total. The molecule has 1 amide bonds. The van der Waals surface area contributed by atoms with E-state index in [1.54, 1.807) is 57.2 Å². The van der Waals surface area contributed by atoms with Gasteiger partial charge in [-0.15, -0.1) is 12.4 Å². The number of hydrogen-bond acceptors (Lipinski definition) is 21. The first kappa shape index (κ1) is 91.6. The molecule has 5 heterocycles. The molecule has 0 saturated carbocycles. The van der Waals surface area contributed by atoms with Crippen molar-refractivity contribution in [1.82, 2.24) is 15.1 Å². The average Bonchev–Trinajstić information content (AvgIpc) is 1.69. The molecule has 11 rings (SSSR count). The number of hydrogen-bond donors (Lipinski definition) is 3. The number of benzene rings is 2. The first-order valence-corrected chi connectivity index (χ1v) is 38.9. The van der Waals surface area contributed by atoms with Gasteiger partial charge in [0.2, 0.25) is 5.91 Å². The summed E-state index contributed by atoms with van der Waals surface area (Å²) in [5, 5.41) is 19.3. The highest BCUT2D eigenvalue weighted by Crippen LogP contribution is 2.39. The van der Waals surface area contributed by atoms with Crippen LogP contribution in [0.5, 0.6) is 0 Å². The van der Waals surface area contributed by atoms with Crippen LogP contribution in [0.2, 0.25) is 5.02 Å². The minimum absolute atomic E-state index is 0. The standard InChI is InChI=1S/C17H15ClF2N2O.C17H25NO4.C16H24N2O4.C13H17NO4.C11H15NO2.C6H11BrO2.ClH/c18-13-6-2-1-4-11(13)12-5-3-7-14(16(12)20)22-17(23)15-8-10(19)9-21-15;1-5-21-16(20)15-12-9-7-6-8-11(12)13(18-15)10-14(19)22-17(2,3)4;1-5-21-15(20)14-11-8-6-7-9-12(11)17-18(14)10-13(19)22-16(2,3)4;1-2-18-13(17)12-9-6-4-3-5-8(9)10(14-12)7-11(15)16;1-2-14-11(13)10-9-6-4-3-5-8(9)7-12-10;1-6(2,3)9-5(8)4-7;/h1-7,10,15,21H,8-9H2,(H,22,23);13H,5-10H2,1-4H3;5-10H2,1-4H3;10H,2-7H2,1H3,(H,15,16);2-7H2,1H3;4H2,1-3H3;1H/t10-,15+;;;;;;/m1....../s1. The van der Waals surface area contributed by atoms with E-state index < -0.39 is 59.0 Å². The van der Waals surface area contributed by atoms with E-state index in [0.717, 1.165) is 130 Å². The Morgan fingerprint density at radius 2 is 1.07 bits per heavy atom. The maximum atomic E-state index is 14.7. The van der Waals surface area contributed by atoms with Gasteiger partial charge in [0.25, 0.3) is 0 Å². The number of carbonyl (C=O) groups is 9. The fourth-order valence-corrected chi connectivity index (χ4v) is 13.6. The Hall–Kier alpha value is -8.01. The van der Waals surface area contributed by atoms with Gasteiger partial charge < -0.3 is 48.9 Å². The predicted molar refractivity (Wildman–Crippen MR) is 418 cm³/mol. The van der Waals surface area contributed by atoms with Crippen molar-refractivity contribution >= 4 is 116 Å². The second-order valence-electron chi connectivity index (χ2n) is 29.5. The van der Waals surface area contributed by atoms with E-state index in [9.17, 15) is 51.9 Å². The minimum Gasteiger partial charge on any atom is -0.481 e. The molecule has 0 radical (unpaired) electrons. The Kier molecular flexibility index (Phi) is 36.6. The highest BCUT2D eigenvalue weighted by molar-refractivity contribution is 9.09. The summed E-state index contributed by atoms with van der Waals surface area (Å²) in [4.78, 5) is 118. The fraction of sp³-hybridized carbons (Fsp3) is 0.588. The van der Waals surface area contributed by atoms with Crippen LogP contribution in [0.3, 0.4) is 0 Å². The lowest BCUT2D eigenvalue weighted by Crippen LogP contribution is -2.35. The van der Waals surface area contributed by atoms with Crippen LogP contribution >= 0.6 is 39.9 Å². The number of anilines is 1. The van der Waals surface area contributed by atoms with Crippen LogP contribution < -0.4 is 10.6 Å². The number of carboxylic acid groups (broad SMARTS) is 1. The molecule has 29 heteroatoms. The Balaban J connectivity index is 0.000000238. The highest BCUT2D eigenvalue weighted by Gasteiger charge is 2.38. The molecule has 3 aromatic rings. The number of ether oxygens (including phenoxy) is 7. The van der Waals surface area contributed by atoms with Gasteiger partial charge in [0.15, 0.2) is 11.5 Å². The maximum Gasteiger partial charge on any atom is 0.356 e. The smallest absolute Gasteiger partial charge is 0.356 e. The second-order valence-corrected chi connectivity index (χ2v) is 30.5. The van der Waals surface area contributed by atoms with Gasteiger partial charge in [-0.3, -0.25) is 38.9 Å². The molecule has 2 aromatic carbocycles. The van der Waals surface area contributed by atoms with Crippen LogP contribution in [0.4, 0.5) is 14.5 Å². The predicted octanol–water partition coefficient (Wildman–Crippen LogP) is 14.8. The summed E-state index contributed by atoms with van der Waals surface area (Å²) < 4.78 is 65.0. The monoisotopic (exact) mass is 1630 g/mol. The van der Waals surface area contributed by atoms with E-state index >= 15 is 0 Å². The topological polar surface area (TPSA) is 317 Å². The first-order chi connectivity index (χ1) is 51.1. The molecule has 8 aliphatic rings. The third-order valence-corrected chi connectivity index (χ3v) is 18.3. The Morgan fingerprint density at radius 1 is 0.596 bits per heavy atom. The molecule has 109 heavy (non-hydrogen) atoms. The molecule has 1 saturated heterocycles. The number of carbonyl (C=O) groups excluding carboxylic acids is 8. The van der Waals surface area contributed by atoms with Crippen LogP contribution in [-0.4, -0.2) is 172 Å². The SMILES string of the molecule is CC(C)(C)OC(=O)CBr.CCOC(=O)C1=NC(CC(=O)O)C2=C1CCCC2.CCOC(=O)C1=NC(CC(=O)OC(C)(C)C)C2=C1CCCC2.CCOC(=O)C1=NCC2=C1CCCC2.CCOC(=O)c1c2c(nn1CC(=O)OC(C)(C)C)CCCC2.Cl.O=C(Nc1cccc(-c2ccccc2Cl)c1F)[C@@H]1C[C@@H](F)CN1. The van der Waals surface area contributed by atoms with E-state index in [2.05, 4.69) is 46.6 Å². The van der Waals surface area contributed by atoms with Crippen molar-refractivity contribution in [2.45, 2.75) is 260 Å². The molecule has 4 aliphatic heterocycles. The number of aliphatic carboxylic acids is 1. The molecule has 4 atom stereocenters. The van der Waals surface area contributed by atoms with Gasteiger partial charge >= 0.3 is 47.8 Å². The van der Waals surface area contributed by atoms with Gasteiger partial charge in [0.05, 0.1) is 75.3 Å². The van der Waals surface area contributed by atoms with Crippen molar-refractivity contribution in [3.8, 4) is 11.1 Å². The van der Waals surface area contributed by atoms with Crippen LogP contribution in [-0.2, 0) is 90.9 Å². The fourth-order valence-electron chi connectivity index (χ4n) is 13.3. The third kappa shape index (κ3) is 28.4. The summed E-state index contributed by atoms with van der Waals surface area (Å²) >= 11 is 9.10. The zero-order valence-electron chi connectivity index (χ0n) is 65.1. The molecule has 0 bridgehead atoms. The largest absolute Gasteiger partial charge is 0.481 e. The lowest BCUT2D eigenvalue weighted by molar-refractivity contribution is -0.156. The van der Waals surface area contributed by atoms with Crippen LogP contribution in [0.1, 0.15) is 221 Å². The molecule has 1 aromatic heterocycles. The Bertz CT molecular complexity index is 3940. The quantitative estimate of drug-likeness (QED) is 0.0605. The van der Waals surface area contributed by atoms with Crippen molar-refractivity contribution in [3.63, 3.8) is 0 Å². The van der Waals surface area contributed by atoms with Gasteiger partial charge in [-0.05, 0) is 238 Å². The number of nitrogens with zero attached hydrogens (tertiary/aromatic N) is 5. The number of alkyl halides is 2. The normalized spacial score (nSPS) is 18.8. The number of rotatable bonds is 18. The van der Waals surface area contributed by atoms with E-state index in [0.29, 0.717) is 65.4 Å². The summed E-state index contributed by atoms with van der Waals surface area (Å²) in [5.41, 5.74) is 9.72. The summed E-state index contributed by atoms with van der Waals surface area (Å²) in [5.74, 6) is -4.23. The Morgan fingerprint density at radius 3 is 1.59 bits per heavy atom. The van der Waals surface area contributed by atoms with Gasteiger partial charge in [0, 0.05) is 34.7 Å². The summed E-state index contributed by atoms with van der Waals surface area (Å²) in [6.07, 6.45) is 15.1. The first-order valence-electron chi connectivity index (χ1n) is 37.4. The van der Waals surface area contributed by atoms with Crippen molar-refractivity contribution in [1.29, 1.82) is 0 Å². The molecule has 1 fully saturated rings. The number of aryl methyl sites for hydroxylation is 1. The zero-order valence-corrected chi connectivity index (χ0v) is 68.2. The third-order valence-electron chi connectivity index (χ3n) is 17.6. The number of nitrogens with one attached hydrogen (secondary N) is 2. The lowest BCUT2D eigenvalue weighted by atomic mass is 9.87. The summed E-state index contributed by atoms with van der Waals surface area (Å²) in [6, 6.07) is 10.3. The van der Waals surface area contributed by atoms with E-state index in [1.165, 1.54) is 34.7 Å². The number of aliphatic imine (C=N–C) groups is 3. The van der Waals surface area contributed by atoms with E-state index in [1.807, 2.05) is 69.2 Å². The molecule has 0 spiro atoms. The number of esters is 7. The molecule has 2 unspecified atom stereocenters. The van der Waals surface area contributed by atoms with Gasteiger partial charge in [-0.1, -0.05) is 57.9 Å².